The Morgan fingerprint density at radius 3 is 3.00 bits per heavy atom. The van der Waals surface area contributed by atoms with Crippen molar-refractivity contribution < 1.29 is 9.53 Å². The first-order chi connectivity index (χ1) is 11.2. The average molecular weight is 403 g/mol. The molecular weight excluding hydrogens is 383 g/mol. The second-order valence-corrected chi connectivity index (χ2v) is 6.82. The molecule has 3 heterocycles. The molecule has 6 nitrogen and oxygen atoms in total. The van der Waals surface area contributed by atoms with E-state index in [1.54, 1.807) is 6.20 Å². The van der Waals surface area contributed by atoms with Gasteiger partial charge in [-0.1, -0.05) is 17.4 Å². The zero-order valence-corrected chi connectivity index (χ0v) is 15.9. The van der Waals surface area contributed by atoms with Crippen molar-refractivity contribution in [1.82, 2.24) is 14.7 Å². The van der Waals surface area contributed by atoms with Crippen LogP contribution in [0.15, 0.2) is 24.4 Å². The number of nitrogens with zero attached hydrogens (tertiary/aromatic N) is 2. The molecule has 1 aliphatic rings. The van der Waals surface area contributed by atoms with Gasteiger partial charge in [-0.05, 0) is 30.5 Å². The normalized spacial score (nSPS) is 16.7. The Morgan fingerprint density at radius 1 is 1.44 bits per heavy atom. The maximum atomic E-state index is 11.3. The summed E-state index contributed by atoms with van der Waals surface area (Å²) in [7, 11) is 0. The van der Waals surface area contributed by atoms with E-state index in [0.717, 1.165) is 48.5 Å². The fraction of sp³-hybridized carbons (Fsp3) is 0.375. The first kappa shape index (κ1) is 19.9. The second-order valence-electron chi connectivity index (χ2n) is 5.81. The van der Waals surface area contributed by atoms with E-state index in [2.05, 4.69) is 22.4 Å². The van der Waals surface area contributed by atoms with Crippen LogP contribution in [-0.2, 0) is 11.3 Å². The van der Waals surface area contributed by atoms with Gasteiger partial charge in [-0.3, -0.25) is 9.20 Å². The minimum absolute atomic E-state index is 0. The standard InChI is InChI=1S/C16H18N4O2S.2ClH/c17-15(21)14-9-20-13-4-3-10(6-12(13)19-16(20)23-14)7-18-8-11-2-1-5-22-11;;/h3-4,6,9,11,18H,1-2,5,7-8H2,(H2,17,21);2*1H. The molecule has 1 aliphatic heterocycles. The lowest BCUT2D eigenvalue weighted by Gasteiger charge is -2.10. The van der Waals surface area contributed by atoms with Gasteiger partial charge in [0.25, 0.3) is 5.91 Å². The van der Waals surface area contributed by atoms with Gasteiger partial charge in [0.2, 0.25) is 0 Å². The number of nitrogens with two attached hydrogens (primary N) is 1. The molecule has 4 rings (SSSR count). The minimum Gasteiger partial charge on any atom is -0.377 e. The van der Waals surface area contributed by atoms with Crippen LogP contribution in [0.2, 0.25) is 0 Å². The van der Waals surface area contributed by atoms with E-state index in [4.69, 9.17) is 10.5 Å². The topological polar surface area (TPSA) is 81.7 Å². The molecule has 0 radical (unpaired) electrons. The number of aromatic nitrogens is 2. The van der Waals surface area contributed by atoms with E-state index in [1.807, 2.05) is 10.5 Å². The molecule has 0 saturated carbocycles. The monoisotopic (exact) mass is 402 g/mol. The number of fused-ring (bicyclic) bond motifs is 3. The number of ether oxygens (including phenoxy) is 1. The molecule has 9 heteroatoms. The number of thiazole rings is 1. The Hall–Kier alpha value is -1.38. The summed E-state index contributed by atoms with van der Waals surface area (Å²) in [6.45, 7) is 2.57. The van der Waals surface area contributed by atoms with Crippen LogP contribution >= 0.6 is 36.2 Å². The molecule has 25 heavy (non-hydrogen) atoms. The summed E-state index contributed by atoms with van der Waals surface area (Å²) in [4.78, 5) is 17.2. The fourth-order valence-electron chi connectivity index (χ4n) is 2.97. The molecule has 136 valence electrons. The highest BCUT2D eigenvalue weighted by atomic mass is 35.5. The van der Waals surface area contributed by atoms with Crippen molar-refractivity contribution in [2.75, 3.05) is 13.2 Å². The van der Waals surface area contributed by atoms with Crippen molar-refractivity contribution >= 4 is 58.1 Å². The van der Waals surface area contributed by atoms with Gasteiger partial charge < -0.3 is 15.8 Å². The van der Waals surface area contributed by atoms with Gasteiger partial charge >= 0.3 is 0 Å². The van der Waals surface area contributed by atoms with Gasteiger partial charge in [0, 0.05) is 25.9 Å². The van der Waals surface area contributed by atoms with Crippen LogP contribution in [0.5, 0.6) is 0 Å². The number of rotatable bonds is 5. The van der Waals surface area contributed by atoms with Crippen LogP contribution in [0.4, 0.5) is 0 Å². The number of carbonyl (C=O) groups excluding carboxylic acids is 1. The average Bonchev–Trinajstić information content (AvgIpc) is 3.21. The lowest BCUT2D eigenvalue weighted by Crippen LogP contribution is -2.25. The van der Waals surface area contributed by atoms with E-state index in [9.17, 15) is 4.79 Å². The van der Waals surface area contributed by atoms with Crippen molar-refractivity contribution in [3.63, 3.8) is 0 Å². The number of imidazole rings is 1. The number of hydrogen-bond donors (Lipinski definition) is 2. The molecule has 1 saturated heterocycles. The van der Waals surface area contributed by atoms with Crippen molar-refractivity contribution in [3.8, 4) is 0 Å². The zero-order valence-electron chi connectivity index (χ0n) is 13.4. The summed E-state index contributed by atoms with van der Waals surface area (Å²) in [5, 5.41) is 3.44. The molecule has 3 N–H and O–H groups in total. The maximum Gasteiger partial charge on any atom is 0.260 e. The van der Waals surface area contributed by atoms with Crippen LogP contribution in [0, 0.1) is 0 Å². The van der Waals surface area contributed by atoms with Crippen LogP contribution in [0.3, 0.4) is 0 Å². The van der Waals surface area contributed by atoms with Gasteiger partial charge in [-0.25, -0.2) is 4.98 Å². The first-order valence-corrected chi connectivity index (χ1v) is 8.55. The van der Waals surface area contributed by atoms with Gasteiger partial charge in [0.1, 0.15) is 4.88 Å². The van der Waals surface area contributed by atoms with Gasteiger partial charge in [0.05, 0.1) is 17.1 Å². The highest BCUT2D eigenvalue weighted by Gasteiger charge is 2.15. The van der Waals surface area contributed by atoms with E-state index >= 15 is 0 Å². The molecule has 3 aromatic rings. The number of primary amides is 1. The number of nitrogens with one attached hydrogen (secondary N) is 1. The Balaban J connectivity index is 0.00000113. The van der Waals surface area contributed by atoms with Crippen LogP contribution in [0.1, 0.15) is 28.1 Å². The zero-order chi connectivity index (χ0) is 15.8. The summed E-state index contributed by atoms with van der Waals surface area (Å²) in [5.41, 5.74) is 8.44. The van der Waals surface area contributed by atoms with Gasteiger partial charge in [0.15, 0.2) is 4.96 Å². The summed E-state index contributed by atoms with van der Waals surface area (Å²) in [6.07, 6.45) is 4.42. The van der Waals surface area contributed by atoms with E-state index in [1.165, 1.54) is 16.9 Å². The Bertz CT molecular complexity index is 874. The molecule has 0 aliphatic carbocycles. The van der Waals surface area contributed by atoms with Crippen LogP contribution in [-0.4, -0.2) is 34.5 Å². The van der Waals surface area contributed by atoms with E-state index in [0.29, 0.717) is 11.0 Å². The number of benzene rings is 1. The number of amides is 1. The van der Waals surface area contributed by atoms with Crippen molar-refractivity contribution in [2.45, 2.75) is 25.5 Å². The van der Waals surface area contributed by atoms with Gasteiger partial charge in [-0.2, -0.15) is 0 Å². The SMILES string of the molecule is Cl.Cl.NC(=O)c1cn2c(nc3cc(CNCC4CCCO4)ccc32)s1. The molecular formula is C16H20Cl2N4O2S. The molecule has 1 amide bonds. The third-order valence-corrected chi connectivity index (χ3v) is 5.13. The Morgan fingerprint density at radius 2 is 2.28 bits per heavy atom. The highest BCUT2D eigenvalue weighted by molar-refractivity contribution is 7.18. The summed E-state index contributed by atoms with van der Waals surface area (Å²) in [5.74, 6) is -0.413. The second kappa shape index (κ2) is 8.33. The van der Waals surface area contributed by atoms with Crippen molar-refractivity contribution in [2.24, 2.45) is 5.73 Å². The van der Waals surface area contributed by atoms with E-state index in [-0.39, 0.29) is 24.8 Å². The number of hydrogen-bond acceptors (Lipinski definition) is 5. The number of carbonyl (C=O) groups is 1. The number of halogens is 2. The smallest absolute Gasteiger partial charge is 0.260 e. The molecule has 1 fully saturated rings. The summed E-state index contributed by atoms with van der Waals surface area (Å²) in [6, 6.07) is 6.21. The molecule has 1 atom stereocenters. The van der Waals surface area contributed by atoms with Crippen LogP contribution < -0.4 is 11.1 Å². The maximum absolute atomic E-state index is 11.3. The molecule has 0 bridgehead atoms. The molecule has 1 unspecified atom stereocenters. The molecule has 2 aromatic heterocycles. The first-order valence-electron chi connectivity index (χ1n) is 7.73. The van der Waals surface area contributed by atoms with Gasteiger partial charge in [-0.15, -0.1) is 24.8 Å². The largest absolute Gasteiger partial charge is 0.377 e. The third-order valence-electron chi connectivity index (χ3n) is 4.14. The Kier molecular flexibility index (Phi) is 6.65. The quantitative estimate of drug-likeness (QED) is 0.687. The van der Waals surface area contributed by atoms with E-state index < -0.39 is 5.91 Å². The van der Waals surface area contributed by atoms with Crippen molar-refractivity contribution in [3.05, 3.63) is 34.8 Å². The molecule has 1 aromatic carbocycles. The van der Waals surface area contributed by atoms with Crippen molar-refractivity contribution in [1.29, 1.82) is 0 Å². The van der Waals surface area contributed by atoms with Crippen LogP contribution in [0.25, 0.3) is 16.0 Å². The Labute approximate surface area is 161 Å². The predicted molar refractivity (Wildman–Crippen MR) is 104 cm³/mol. The lowest BCUT2D eigenvalue weighted by atomic mass is 10.2. The lowest BCUT2D eigenvalue weighted by molar-refractivity contribution is 0.100. The predicted octanol–water partition coefficient (Wildman–Crippen LogP) is 2.76. The third kappa shape index (κ3) is 4.07. The fourth-order valence-corrected chi connectivity index (χ4v) is 3.82. The minimum atomic E-state index is -0.413. The highest BCUT2D eigenvalue weighted by Crippen LogP contribution is 2.24. The summed E-state index contributed by atoms with van der Waals surface area (Å²) < 4.78 is 7.53. The summed E-state index contributed by atoms with van der Waals surface area (Å²) >= 11 is 1.32. The molecule has 0 spiro atoms.